The molecule has 226 valence electrons. The van der Waals surface area contributed by atoms with E-state index in [1.807, 2.05) is 6.07 Å². The molecule has 3 fully saturated rings. The predicted octanol–water partition coefficient (Wildman–Crippen LogP) is 4.69. The maximum atomic E-state index is 12.2. The van der Waals surface area contributed by atoms with Crippen molar-refractivity contribution in [3.8, 4) is 17.1 Å². The molecule has 0 amide bonds. The molecule has 0 unspecified atom stereocenters. The number of hydrogen-bond donors (Lipinski definition) is 0. The number of fused-ring (bicyclic) bond motifs is 1. The van der Waals surface area contributed by atoms with Gasteiger partial charge in [-0.05, 0) is 82.8 Å². The number of anilines is 1. The summed E-state index contributed by atoms with van der Waals surface area (Å²) in [7, 11) is -1.76. The molecule has 3 saturated heterocycles. The summed E-state index contributed by atoms with van der Waals surface area (Å²) in [6.07, 6.45) is 13.0. The first-order valence-corrected chi connectivity index (χ1v) is 17.7. The van der Waals surface area contributed by atoms with Gasteiger partial charge in [0.05, 0.1) is 24.1 Å². The minimum atomic E-state index is -3.28. The fraction of sp³-hybridized carbons (Fsp3) is 0.594. The van der Waals surface area contributed by atoms with Crippen LogP contribution in [0, 0.1) is 0 Å². The van der Waals surface area contributed by atoms with Gasteiger partial charge in [0.25, 0.3) is 0 Å². The third kappa shape index (κ3) is 6.71. The molecule has 5 heterocycles. The van der Waals surface area contributed by atoms with Crippen LogP contribution in [0.3, 0.4) is 0 Å². The number of benzene rings is 1. The number of likely N-dealkylation sites (tertiary alicyclic amines) is 2. The van der Waals surface area contributed by atoms with Crippen LogP contribution in [0.2, 0.25) is 0 Å². The van der Waals surface area contributed by atoms with Crippen molar-refractivity contribution in [3.63, 3.8) is 0 Å². The molecule has 0 atom stereocenters. The molecule has 0 spiro atoms. The molecule has 2 aromatic heterocycles. The van der Waals surface area contributed by atoms with E-state index in [0.717, 1.165) is 79.7 Å². The van der Waals surface area contributed by atoms with Gasteiger partial charge in [-0.15, -0.1) is 0 Å². The molecule has 0 aliphatic carbocycles. The maximum Gasteiger partial charge on any atom is 0.226 e. The van der Waals surface area contributed by atoms with Gasteiger partial charge in [-0.3, -0.25) is 4.90 Å². The van der Waals surface area contributed by atoms with Crippen LogP contribution in [-0.4, -0.2) is 91.8 Å². The summed E-state index contributed by atoms with van der Waals surface area (Å²) in [6, 6.07) is 8.97. The Bertz CT molecular complexity index is 1490. The number of piperidine rings is 3. The molecule has 42 heavy (non-hydrogen) atoms. The van der Waals surface area contributed by atoms with Gasteiger partial charge < -0.3 is 14.5 Å². The standard InChI is InChI=1S/C32H44N6O3S/c1-41-31-26(23-42(2,39)40)20-25(21-33-31)30-28-11-9-10-24(29(28)34-32(35-30)38-16-7-4-8-17-38)22-36-18-12-27(13-19-36)37-14-5-3-6-15-37/h9-11,20-21,27H,3-8,12-19,22-23H2,1-2H3. The van der Waals surface area contributed by atoms with Crippen LogP contribution in [0.4, 0.5) is 5.95 Å². The summed E-state index contributed by atoms with van der Waals surface area (Å²) in [5.41, 5.74) is 4.29. The predicted molar refractivity (Wildman–Crippen MR) is 168 cm³/mol. The molecule has 1 aromatic carbocycles. The first-order valence-electron chi connectivity index (χ1n) is 15.6. The zero-order valence-electron chi connectivity index (χ0n) is 25.1. The molecule has 0 bridgehead atoms. The molecule has 9 nitrogen and oxygen atoms in total. The van der Waals surface area contributed by atoms with Crippen molar-refractivity contribution in [3.05, 3.63) is 41.6 Å². The highest BCUT2D eigenvalue weighted by atomic mass is 32.2. The van der Waals surface area contributed by atoms with Gasteiger partial charge in [0.2, 0.25) is 11.8 Å². The molecule has 0 radical (unpaired) electrons. The van der Waals surface area contributed by atoms with Gasteiger partial charge in [-0.2, -0.15) is 0 Å². The quantitative estimate of drug-likeness (QED) is 0.370. The van der Waals surface area contributed by atoms with Crippen LogP contribution in [-0.2, 0) is 22.1 Å². The largest absolute Gasteiger partial charge is 0.481 e. The zero-order chi connectivity index (χ0) is 29.1. The summed E-state index contributed by atoms with van der Waals surface area (Å²) in [4.78, 5) is 22.4. The monoisotopic (exact) mass is 592 g/mol. The highest BCUT2D eigenvalue weighted by Crippen LogP contribution is 2.34. The third-order valence-corrected chi connectivity index (χ3v) is 9.94. The minimum absolute atomic E-state index is 0.141. The molecule has 6 rings (SSSR count). The Balaban J connectivity index is 1.35. The van der Waals surface area contributed by atoms with Crippen molar-refractivity contribution >= 4 is 26.7 Å². The van der Waals surface area contributed by atoms with Crippen LogP contribution in [0.1, 0.15) is 62.5 Å². The lowest BCUT2D eigenvalue weighted by Crippen LogP contribution is -2.46. The van der Waals surface area contributed by atoms with Gasteiger partial charge in [-0.25, -0.2) is 23.4 Å². The molecular formula is C32H44N6O3S. The summed E-state index contributed by atoms with van der Waals surface area (Å²) >= 11 is 0. The van der Waals surface area contributed by atoms with E-state index in [4.69, 9.17) is 14.7 Å². The van der Waals surface area contributed by atoms with E-state index in [2.05, 4.69) is 37.9 Å². The molecule has 3 aliphatic rings. The second kappa shape index (κ2) is 12.8. The van der Waals surface area contributed by atoms with E-state index < -0.39 is 9.84 Å². The number of sulfone groups is 1. The number of aromatic nitrogens is 3. The first-order chi connectivity index (χ1) is 20.4. The van der Waals surface area contributed by atoms with Crippen molar-refractivity contribution in [1.82, 2.24) is 24.8 Å². The first kappa shape index (κ1) is 29.3. The molecule has 3 aliphatic heterocycles. The second-order valence-corrected chi connectivity index (χ2v) is 14.4. The minimum Gasteiger partial charge on any atom is -0.481 e. The Labute approximate surface area is 250 Å². The van der Waals surface area contributed by atoms with E-state index in [0.29, 0.717) is 11.4 Å². The SMILES string of the molecule is COc1ncc(-c2nc(N3CCCCC3)nc3c(CN4CCC(N5CCCCC5)CC4)cccc23)cc1CS(C)(=O)=O. The Morgan fingerprint density at radius 3 is 2.31 bits per heavy atom. The summed E-state index contributed by atoms with van der Waals surface area (Å²) in [5, 5.41) is 0.966. The summed E-state index contributed by atoms with van der Waals surface area (Å²) in [6.45, 7) is 7.48. The van der Waals surface area contributed by atoms with Gasteiger partial charge in [0, 0.05) is 54.6 Å². The maximum absolute atomic E-state index is 12.2. The normalized spacial score (nSPS) is 19.8. The van der Waals surface area contributed by atoms with E-state index in [1.165, 1.54) is 70.5 Å². The van der Waals surface area contributed by atoms with E-state index in [-0.39, 0.29) is 5.75 Å². The van der Waals surface area contributed by atoms with Crippen molar-refractivity contribution in [1.29, 1.82) is 0 Å². The lowest BCUT2D eigenvalue weighted by Gasteiger charge is -2.40. The Hall–Kier alpha value is -2.82. The number of para-hydroxylation sites is 1. The highest BCUT2D eigenvalue weighted by Gasteiger charge is 2.27. The van der Waals surface area contributed by atoms with E-state index >= 15 is 0 Å². The van der Waals surface area contributed by atoms with Crippen LogP contribution >= 0.6 is 0 Å². The van der Waals surface area contributed by atoms with Crippen LogP contribution in [0.5, 0.6) is 5.88 Å². The zero-order valence-corrected chi connectivity index (χ0v) is 25.9. The van der Waals surface area contributed by atoms with Crippen molar-refractivity contribution in [2.75, 3.05) is 57.5 Å². The van der Waals surface area contributed by atoms with Gasteiger partial charge >= 0.3 is 0 Å². The Morgan fingerprint density at radius 1 is 0.905 bits per heavy atom. The lowest BCUT2D eigenvalue weighted by atomic mass is 9.99. The number of methoxy groups -OCH3 is 1. The Kier molecular flexibility index (Phi) is 8.93. The second-order valence-electron chi connectivity index (χ2n) is 12.3. The molecule has 3 aromatic rings. The van der Waals surface area contributed by atoms with Crippen molar-refractivity contribution in [2.24, 2.45) is 0 Å². The number of nitrogens with zero attached hydrogens (tertiary/aromatic N) is 6. The van der Waals surface area contributed by atoms with E-state index in [1.54, 1.807) is 6.20 Å². The number of hydrogen-bond acceptors (Lipinski definition) is 9. The number of pyridine rings is 1. The van der Waals surface area contributed by atoms with Crippen LogP contribution in [0.15, 0.2) is 30.5 Å². The third-order valence-electron chi connectivity index (χ3n) is 9.11. The lowest BCUT2D eigenvalue weighted by molar-refractivity contribution is 0.0898. The van der Waals surface area contributed by atoms with E-state index in [9.17, 15) is 8.42 Å². The van der Waals surface area contributed by atoms with Crippen molar-refractivity contribution in [2.45, 2.75) is 69.7 Å². The average Bonchev–Trinajstić information content (AvgIpc) is 3.01. The van der Waals surface area contributed by atoms with Gasteiger partial charge in [0.1, 0.15) is 0 Å². The molecule has 0 N–H and O–H groups in total. The average molecular weight is 593 g/mol. The van der Waals surface area contributed by atoms with Gasteiger partial charge in [0.15, 0.2) is 9.84 Å². The Morgan fingerprint density at radius 2 is 1.62 bits per heavy atom. The fourth-order valence-electron chi connectivity index (χ4n) is 6.95. The van der Waals surface area contributed by atoms with Gasteiger partial charge in [-0.1, -0.05) is 24.6 Å². The molecular weight excluding hydrogens is 548 g/mol. The summed E-state index contributed by atoms with van der Waals surface area (Å²) < 4.78 is 29.8. The molecule has 0 saturated carbocycles. The highest BCUT2D eigenvalue weighted by molar-refractivity contribution is 7.89. The fourth-order valence-corrected chi connectivity index (χ4v) is 7.72. The number of ether oxygens (including phenoxy) is 1. The summed E-state index contributed by atoms with van der Waals surface area (Å²) in [5.74, 6) is 0.929. The smallest absolute Gasteiger partial charge is 0.226 e. The van der Waals surface area contributed by atoms with Crippen LogP contribution < -0.4 is 9.64 Å². The molecule has 10 heteroatoms. The van der Waals surface area contributed by atoms with Crippen LogP contribution in [0.25, 0.3) is 22.2 Å². The number of rotatable bonds is 8. The van der Waals surface area contributed by atoms with Crippen molar-refractivity contribution < 1.29 is 13.2 Å². The topological polar surface area (TPSA) is 91.8 Å².